The number of carbonyl (C=O) groups excluding carboxylic acids is 1. The monoisotopic (exact) mass is 327 g/mol. The van der Waals surface area contributed by atoms with E-state index < -0.39 is 11.7 Å². The lowest BCUT2D eigenvalue weighted by molar-refractivity contribution is 0.0981. The molecule has 3 rings (SSSR count). The van der Waals surface area contributed by atoms with E-state index in [0.717, 1.165) is 4.88 Å². The van der Waals surface area contributed by atoms with Gasteiger partial charge in [0.25, 0.3) is 5.91 Å². The molecule has 0 fully saturated rings. The lowest BCUT2D eigenvalue weighted by atomic mass is 10.1. The number of hydrogen-bond acceptors (Lipinski definition) is 3. The van der Waals surface area contributed by atoms with Crippen LogP contribution < -0.4 is 4.90 Å². The van der Waals surface area contributed by atoms with E-state index in [1.54, 1.807) is 24.3 Å². The Hall–Kier alpha value is -2.66. The molecule has 0 aliphatic rings. The minimum atomic E-state index is -0.549. The standard InChI is InChI=1S/C18H14FNO2S/c19-17-6-2-1-5-16(17)18(22)20(12-15-4-3-11-23-15)13-7-9-14(21)10-8-13/h1-11,21H,12H2. The largest absolute Gasteiger partial charge is 0.508 e. The van der Waals surface area contributed by atoms with E-state index in [0.29, 0.717) is 12.2 Å². The highest BCUT2D eigenvalue weighted by Gasteiger charge is 2.21. The second-order valence-electron chi connectivity index (χ2n) is 4.97. The molecule has 5 heteroatoms. The van der Waals surface area contributed by atoms with Gasteiger partial charge in [0.2, 0.25) is 0 Å². The van der Waals surface area contributed by atoms with E-state index in [4.69, 9.17) is 0 Å². The highest BCUT2D eigenvalue weighted by Crippen LogP contribution is 2.24. The van der Waals surface area contributed by atoms with Gasteiger partial charge >= 0.3 is 0 Å². The molecule has 0 saturated carbocycles. The molecule has 0 aliphatic heterocycles. The molecule has 0 bridgehead atoms. The van der Waals surface area contributed by atoms with Crippen LogP contribution in [0.4, 0.5) is 10.1 Å². The van der Waals surface area contributed by atoms with E-state index in [-0.39, 0.29) is 11.3 Å². The number of aromatic hydroxyl groups is 1. The zero-order valence-corrected chi connectivity index (χ0v) is 13.0. The lowest BCUT2D eigenvalue weighted by Gasteiger charge is -2.22. The highest BCUT2D eigenvalue weighted by molar-refractivity contribution is 7.09. The fraction of sp³-hybridized carbons (Fsp3) is 0.0556. The van der Waals surface area contributed by atoms with Gasteiger partial charge in [-0.3, -0.25) is 4.79 Å². The minimum Gasteiger partial charge on any atom is -0.508 e. The third-order valence-electron chi connectivity index (χ3n) is 3.40. The number of phenols is 1. The maximum absolute atomic E-state index is 14.0. The molecule has 0 radical (unpaired) electrons. The van der Waals surface area contributed by atoms with Gasteiger partial charge in [0.15, 0.2) is 0 Å². The molecule has 1 N–H and O–H groups in total. The van der Waals surface area contributed by atoms with Gasteiger partial charge in [-0.2, -0.15) is 0 Å². The number of thiophene rings is 1. The van der Waals surface area contributed by atoms with Crippen LogP contribution in [-0.2, 0) is 6.54 Å². The van der Waals surface area contributed by atoms with E-state index in [1.807, 2.05) is 17.5 Å². The first-order valence-electron chi connectivity index (χ1n) is 7.03. The van der Waals surface area contributed by atoms with Gasteiger partial charge in [-0.05, 0) is 47.8 Å². The van der Waals surface area contributed by atoms with Gasteiger partial charge in [-0.15, -0.1) is 11.3 Å². The first-order valence-corrected chi connectivity index (χ1v) is 7.91. The Kier molecular flexibility index (Phi) is 4.39. The summed E-state index contributed by atoms with van der Waals surface area (Å²) in [5, 5.41) is 11.4. The molecule has 0 atom stereocenters. The predicted molar refractivity (Wildman–Crippen MR) is 89.3 cm³/mol. The van der Waals surface area contributed by atoms with Crippen molar-refractivity contribution in [3.05, 3.63) is 82.3 Å². The maximum atomic E-state index is 14.0. The number of benzene rings is 2. The number of nitrogens with zero attached hydrogens (tertiary/aromatic N) is 1. The summed E-state index contributed by atoms with van der Waals surface area (Å²) in [6.07, 6.45) is 0. The van der Waals surface area contributed by atoms with E-state index in [9.17, 15) is 14.3 Å². The summed E-state index contributed by atoms with van der Waals surface area (Å²) in [6, 6.07) is 16.1. The van der Waals surface area contributed by atoms with Crippen LogP contribution in [-0.4, -0.2) is 11.0 Å². The van der Waals surface area contributed by atoms with Crippen LogP contribution in [0.25, 0.3) is 0 Å². The van der Waals surface area contributed by atoms with Crippen molar-refractivity contribution in [2.24, 2.45) is 0 Å². The Bertz CT molecular complexity index is 800. The summed E-state index contributed by atoms with van der Waals surface area (Å²) in [5.41, 5.74) is 0.626. The van der Waals surface area contributed by atoms with E-state index in [1.165, 1.54) is 40.5 Å². The third-order valence-corrected chi connectivity index (χ3v) is 4.27. The Morgan fingerprint density at radius 1 is 1.04 bits per heavy atom. The van der Waals surface area contributed by atoms with Crippen molar-refractivity contribution in [2.45, 2.75) is 6.54 Å². The summed E-state index contributed by atoms with van der Waals surface area (Å²) < 4.78 is 14.0. The second kappa shape index (κ2) is 6.62. The van der Waals surface area contributed by atoms with Crippen LogP contribution in [0.5, 0.6) is 5.75 Å². The second-order valence-corrected chi connectivity index (χ2v) is 6.00. The lowest BCUT2D eigenvalue weighted by Crippen LogP contribution is -2.30. The van der Waals surface area contributed by atoms with Crippen molar-refractivity contribution in [3.8, 4) is 5.75 Å². The number of amides is 1. The van der Waals surface area contributed by atoms with Crippen LogP contribution >= 0.6 is 11.3 Å². The first kappa shape index (κ1) is 15.2. The molecule has 3 aromatic rings. The van der Waals surface area contributed by atoms with Crippen molar-refractivity contribution >= 4 is 22.9 Å². The molecule has 1 amide bonds. The smallest absolute Gasteiger partial charge is 0.261 e. The average molecular weight is 327 g/mol. The van der Waals surface area contributed by atoms with Gasteiger partial charge in [-0.1, -0.05) is 18.2 Å². The van der Waals surface area contributed by atoms with Gasteiger partial charge in [0, 0.05) is 10.6 Å². The molecule has 0 spiro atoms. The number of halogens is 1. The third kappa shape index (κ3) is 3.40. The molecule has 0 aliphatic carbocycles. The van der Waals surface area contributed by atoms with Crippen molar-refractivity contribution in [2.75, 3.05) is 4.90 Å². The topological polar surface area (TPSA) is 40.5 Å². The molecule has 1 heterocycles. The molecule has 0 saturated heterocycles. The summed E-state index contributed by atoms with van der Waals surface area (Å²) in [5.74, 6) is -0.849. The number of hydrogen-bond donors (Lipinski definition) is 1. The molecule has 3 nitrogen and oxygen atoms in total. The Balaban J connectivity index is 1.99. The zero-order valence-electron chi connectivity index (χ0n) is 12.1. The summed E-state index contributed by atoms with van der Waals surface area (Å²) in [6.45, 7) is 0.343. The SMILES string of the molecule is O=C(c1ccccc1F)N(Cc1cccs1)c1ccc(O)cc1. The van der Waals surface area contributed by atoms with Crippen LogP contribution in [0.2, 0.25) is 0 Å². The van der Waals surface area contributed by atoms with Gasteiger partial charge in [0.05, 0.1) is 12.1 Å². The van der Waals surface area contributed by atoms with Crippen molar-refractivity contribution in [3.63, 3.8) is 0 Å². The summed E-state index contributed by atoms with van der Waals surface area (Å²) in [4.78, 5) is 15.3. The molecular formula is C18H14FNO2S. The van der Waals surface area contributed by atoms with Gasteiger partial charge < -0.3 is 10.0 Å². The fourth-order valence-electron chi connectivity index (χ4n) is 2.25. The van der Waals surface area contributed by atoms with Crippen LogP contribution in [0, 0.1) is 5.82 Å². The maximum Gasteiger partial charge on any atom is 0.261 e. The Morgan fingerprint density at radius 3 is 2.43 bits per heavy atom. The van der Waals surface area contributed by atoms with E-state index in [2.05, 4.69) is 0 Å². The molecule has 23 heavy (non-hydrogen) atoms. The van der Waals surface area contributed by atoms with Crippen molar-refractivity contribution < 1.29 is 14.3 Å². The van der Waals surface area contributed by atoms with Crippen LogP contribution in [0.1, 0.15) is 15.2 Å². The van der Waals surface area contributed by atoms with Crippen molar-refractivity contribution in [1.29, 1.82) is 0 Å². The summed E-state index contributed by atoms with van der Waals surface area (Å²) >= 11 is 1.53. The van der Waals surface area contributed by atoms with Crippen molar-refractivity contribution in [1.82, 2.24) is 0 Å². The normalized spacial score (nSPS) is 10.5. The highest BCUT2D eigenvalue weighted by atomic mass is 32.1. The van der Waals surface area contributed by atoms with Crippen LogP contribution in [0.15, 0.2) is 66.0 Å². The molecule has 2 aromatic carbocycles. The molecule has 0 unspecified atom stereocenters. The number of phenolic OH excluding ortho intramolecular Hbond substituents is 1. The van der Waals surface area contributed by atoms with Gasteiger partial charge in [0.1, 0.15) is 11.6 Å². The Labute approximate surface area is 137 Å². The Morgan fingerprint density at radius 2 is 1.78 bits per heavy atom. The minimum absolute atomic E-state index is 0.0251. The predicted octanol–water partition coefficient (Wildman–Crippen LogP) is 4.44. The first-order chi connectivity index (χ1) is 11.1. The number of rotatable bonds is 4. The average Bonchev–Trinajstić information content (AvgIpc) is 3.07. The fourth-order valence-corrected chi connectivity index (χ4v) is 2.94. The quantitative estimate of drug-likeness (QED) is 0.769. The summed E-state index contributed by atoms with van der Waals surface area (Å²) in [7, 11) is 0. The molecular weight excluding hydrogens is 313 g/mol. The van der Waals surface area contributed by atoms with Crippen LogP contribution in [0.3, 0.4) is 0 Å². The molecule has 116 valence electrons. The number of carbonyl (C=O) groups is 1. The zero-order chi connectivity index (χ0) is 16.2. The number of anilines is 1. The van der Waals surface area contributed by atoms with E-state index >= 15 is 0 Å². The van der Waals surface area contributed by atoms with Gasteiger partial charge in [-0.25, -0.2) is 4.39 Å². The molecule has 1 aromatic heterocycles.